The fourth-order valence-corrected chi connectivity index (χ4v) is 2.17. The fraction of sp³-hybridized carbons (Fsp3) is 0.889. The lowest BCUT2D eigenvalue weighted by molar-refractivity contribution is -0.125. The quantitative estimate of drug-likeness (QED) is 0.539. The zero-order valence-electron chi connectivity index (χ0n) is 7.71. The summed E-state index contributed by atoms with van der Waals surface area (Å²) < 4.78 is 5.71. The highest BCUT2D eigenvalue weighted by Crippen LogP contribution is 2.28. The van der Waals surface area contributed by atoms with Gasteiger partial charge in [0.1, 0.15) is 6.29 Å². The van der Waals surface area contributed by atoms with Crippen LogP contribution in [0.1, 0.15) is 12.8 Å². The molecule has 74 valence electrons. The van der Waals surface area contributed by atoms with E-state index in [1.807, 2.05) is 0 Å². The number of carbonyl (C=O) groups is 1. The minimum Gasteiger partial charge on any atom is -0.358 e. The van der Waals surface area contributed by atoms with Crippen LogP contribution in [0, 0.1) is 5.92 Å². The van der Waals surface area contributed by atoms with Gasteiger partial charge in [0.15, 0.2) is 0 Å². The second-order valence-corrected chi connectivity index (χ2v) is 3.95. The van der Waals surface area contributed by atoms with Crippen LogP contribution in [-0.4, -0.2) is 38.3 Å². The first-order valence-electron chi connectivity index (χ1n) is 4.85. The molecule has 0 aromatic carbocycles. The average Bonchev–Trinajstić information content (AvgIpc) is 2.19. The molecule has 0 bridgehead atoms. The molecule has 0 aliphatic carbocycles. The summed E-state index contributed by atoms with van der Waals surface area (Å²) in [5.74, 6) is 0.131. The van der Waals surface area contributed by atoms with Crippen LogP contribution in [0.15, 0.2) is 0 Å². The molecule has 2 atom stereocenters. The molecule has 0 aromatic heterocycles. The van der Waals surface area contributed by atoms with Gasteiger partial charge in [-0.25, -0.2) is 0 Å². The molecule has 0 aromatic rings. The van der Waals surface area contributed by atoms with Gasteiger partial charge in [0.25, 0.3) is 0 Å². The number of nitrogens with one attached hydrogen (secondary N) is 2. The first-order chi connectivity index (χ1) is 6.35. The smallest absolute Gasteiger partial charge is 0.124 e. The average molecular weight is 184 g/mol. The second kappa shape index (κ2) is 3.74. The molecule has 2 saturated heterocycles. The van der Waals surface area contributed by atoms with Gasteiger partial charge in [0, 0.05) is 25.6 Å². The highest BCUT2D eigenvalue weighted by molar-refractivity contribution is 5.54. The zero-order valence-corrected chi connectivity index (χ0v) is 7.71. The summed E-state index contributed by atoms with van der Waals surface area (Å²) in [6, 6.07) is 0. The molecule has 0 amide bonds. The molecule has 2 heterocycles. The maximum absolute atomic E-state index is 10.7. The Morgan fingerprint density at radius 2 is 2.38 bits per heavy atom. The van der Waals surface area contributed by atoms with Crippen molar-refractivity contribution >= 4 is 6.29 Å². The van der Waals surface area contributed by atoms with Crippen molar-refractivity contribution in [2.45, 2.75) is 18.4 Å². The summed E-state index contributed by atoms with van der Waals surface area (Å²) in [6.45, 7) is 3.31. The first-order valence-corrected chi connectivity index (χ1v) is 4.85. The van der Waals surface area contributed by atoms with Crippen LogP contribution in [0.3, 0.4) is 0 Å². The van der Waals surface area contributed by atoms with E-state index in [1.165, 1.54) is 0 Å². The number of piperidine rings is 1. The molecule has 4 heteroatoms. The highest BCUT2D eigenvalue weighted by atomic mass is 16.5. The fourth-order valence-electron chi connectivity index (χ4n) is 2.17. The molecule has 2 N–H and O–H groups in total. The predicted octanol–water partition coefficient (Wildman–Crippen LogP) is -0.499. The van der Waals surface area contributed by atoms with Crippen molar-refractivity contribution in [2.24, 2.45) is 5.92 Å². The Morgan fingerprint density at radius 1 is 1.46 bits per heavy atom. The summed E-state index contributed by atoms with van der Waals surface area (Å²) >= 11 is 0. The van der Waals surface area contributed by atoms with Crippen LogP contribution >= 0.6 is 0 Å². The van der Waals surface area contributed by atoms with Gasteiger partial charge in [-0.1, -0.05) is 0 Å². The lowest BCUT2D eigenvalue weighted by atomic mass is 9.84. The summed E-state index contributed by atoms with van der Waals surface area (Å²) in [4.78, 5) is 10.7. The Morgan fingerprint density at radius 3 is 3.08 bits per heavy atom. The van der Waals surface area contributed by atoms with Crippen molar-refractivity contribution in [3.8, 4) is 0 Å². The van der Waals surface area contributed by atoms with E-state index in [2.05, 4.69) is 10.6 Å². The first kappa shape index (κ1) is 9.12. The van der Waals surface area contributed by atoms with E-state index in [9.17, 15) is 4.79 Å². The van der Waals surface area contributed by atoms with E-state index >= 15 is 0 Å². The van der Waals surface area contributed by atoms with E-state index in [0.717, 1.165) is 38.8 Å². The minimum absolute atomic E-state index is 0.0743. The predicted molar refractivity (Wildman–Crippen MR) is 48.3 cm³/mol. The number of aldehydes is 1. The Bertz CT molecular complexity index is 185. The minimum atomic E-state index is -0.0743. The lowest BCUT2D eigenvalue weighted by Crippen LogP contribution is -2.56. The molecular formula is C9H16N2O2. The van der Waals surface area contributed by atoms with E-state index in [-0.39, 0.29) is 11.5 Å². The van der Waals surface area contributed by atoms with Crippen molar-refractivity contribution in [1.29, 1.82) is 0 Å². The SMILES string of the molecule is O=CC1CNCC2(CCNCO2)C1. The van der Waals surface area contributed by atoms with E-state index in [0.29, 0.717) is 6.73 Å². The Labute approximate surface area is 78.0 Å². The van der Waals surface area contributed by atoms with Gasteiger partial charge in [-0.2, -0.15) is 0 Å². The Kier molecular flexibility index (Phi) is 2.62. The standard InChI is InChI=1S/C9H16N2O2/c12-5-8-3-9(6-11-4-8)1-2-10-7-13-9/h5,8,10-11H,1-4,6-7H2. The summed E-state index contributed by atoms with van der Waals surface area (Å²) in [5, 5.41) is 6.41. The van der Waals surface area contributed by atoms with Gasteiger partial charge >= 0.3 is 0 Å². The van der Waals surface area contributed by atoms with Crippen LogP contribution < -0.4 is 10.6 Å². The van der Waals surface area contributed by atoms with Gasteiger partial charge in [-0.3, -0.25) is 5.32 Å². The number of rotatable bonds is 1. The maximum Gasteiger partial charge on any atom is 0.124 e. The molecule has 4 nitrogen and oxygen atoms in total. The van der Waals surface area contributed by atoms with Crippen LogP contribution in [0.5, 0.6) is 0 Å². The molecule has 0 radical (unpaired) electrons. The van der Waals surface area contributed by atoms with Crippen molar-refractivity contribution in [3.05, 3.63) is 0 Å². The third-order valence-corrected chi connectivity index (χ3v) is 2.92. The van der Waals surface area contributed by atoms with Crippen molar-refractivity contribution in [2.75, 3.05) is 26.4 Å². The van der Waals surface area contributed by atoms with E-state index < -0.39 is 0 Å². The van der Waals surface area contributed by atoms with E-state index in [1.54, 1.807) is 0 Å². The normalized spacial score (nSPS) is 40.5. The number of ether oxygens (including phenoxy) is 1. The number of hydrogen-bond acceptors (Lipinski definition) is 4. The van der Waals surface area contributed by atoms with Gasteiger partial charge < -0.3 is 14.8 Å². The van der Waals surface area contributed by atoms with Gasteiger partial charge in [0.05, 0.1) is 12.3 Å². The van der Waals surface area contributed by atoms with Gasteiger partial charge in [-0.05, 0) is 12.8 Å². The topological polar surface area (TPSA) is 50.4 Å². The molecule has 2 fully saturated rings. The summed E-state index contributed by atoms with van der Waals surface area (Å²) in [7, 11) is 0. The molecule has 2 rings (SSSR count). The van der Waals surface area contributed by atoms with Crippen LogP contribution in [0.2, 0.25) is 0 Å². The molecular weight excluding hydrogens is 168 g/mol. The summed E-state index contributed by atoms with van der Waals surface area (Å²) in [5.41, 5.74) is -0.0743. The molecule has 1 spiro atoms. The van der Waals surface area contributed by atoms with Crippen molar-refractivity contribution < 1.29 is 9.53 Å². The van der Waals surface area contributed by atoms with Crippen LogP contribution in [0.4, 0.5) is 0 Å². The third kappa shape index (κ3) is 1.90. The maximum atomic E-state index is 10.7. The molecule has 2 aliphatic heterocycles. The van der Waals surface area contributed by atoms with Gasteiger partial charge in [-0.15, -0.1) is 0 Å². The number of carbonyl (C=O) groups excluding carboxylic acids is 1. The Hall–Kier alpha value is -0.450. The molecule has 0 saturated carbocycles. The number of hydrogen-bond donors (Lipinski definition) is 2. The molecule has 2 aliphatic rings. The van der Waals surface area contributed by atoms with Crippen molar-refractivity contribution in [1.82, 2.24) is 10.6 Å². The van der Waals surface area contributed by atoms with Gasteiger partial charge in [0.2, 0.25) is 0 Å². The van der Waals surface area contributed by atoms with Crippen LogP contribution in [-0.2, 0) is 9.53 Å². The van der Waals surface area contributed by atoms with E-state index in [4.69, 9.17) is 4.74 Å². The zero-order chi connectivity index (χ0) is 9.15. The molecule has 13 heavy (non-hydrogen) atoms. The van der Waals surface area contributed by atoms with Crippen LogP contribution in [0.25, 0.3) is 0 Å². The highest BCUT2D eigenvalue weighted by Gasteiger charge is 2.38. The second-order valence-electron chi connectivity index (χ2n) is 3.95. The Balaban J connectivity index is 1.99. The summed E-state index contributed by atoms with van der Waals surface area (Å²) in [6.07, 6.45) is 2.93. The van der Waals surface area contributed by atoms with Crippen molar-refractivity contribution in [3.63, 3.8) is 0 Å². The largest absolute Gasteiger partial charge is 0.358 e. The monoisotopic (exact) mass is 184 g/mol. The molecule has 2 unspecified atom stereocenters. The lowest BCUT2D eigenvalue weighted by Gasteiger charge is -2.42. The third-order valence-electron chi connectivity index (χ3n) is 2.92.